The summed E-state index contributed by atoms with van der Waals surface area (Å²) in [6, 6.07) is 2.42. The summed E-state index contributed by atoms with van der Waals surface area (Å²) in [4.78, 5) is 13.0. The average molecular weight is 301 g/mol. The molecule has 0 aliphatic rings. The minimum atomic E-state index is 0.443. The van der Waals surface area contributed by atoms with Crippen LogP contribution in [-0.4, -0.2) is 42.0 Å². The molecule has 0 aliphatic heterocycles. The Bertz CT molecular complexity index is 341. The van der Waals surface area contributed by atoms with Gasteiger partial charge >= 0.3 is 0 Å². The van der Waals surface area contributed by atoms with Crippen LogP contribution in [0.4, 0.5) is 11.8 Å². The van der Waals surface area contributed by atoms with E-state index in [-0.39, 0.29) is 0 Å². The fourth-order valence-electron chi connectivity index (χ4n) is 1.58. The van der Waals surface area contributed by atoms with Crippen molar-refractivity contribution in [3.63, 3.8) is 0 Å². The molecule has 5 heteroatoms. The SMILES string of the molecule is CC(C)N(CCCBr)c1ccnc(N(C)C)n1. The molecule has 0 fully saturated rings. The molecule has 1 aromatic rings. The van der Waals surface area contributed by atoms with Crippen molar-refractivity contribution >= 4 is 27.7 Å². The zero-order valence-corrected chi connectivity index (χ0v) is 12.6. The summed E-state index contributed by atoms with van der Waals surface area (Å²) in [6.07, 6.45) is 2.93. The number of alkyl halides is 1. The van der Waals surface area contributed by atoms with E-state index < -0.39 is 0 Å². The van der Waals surface area contributed by atoms with Crippen molar-refractivity contribution in [2.75, 3.05) is 35.8 Å². The smallest absolute Gasteiger partial charge is 0.226 e. The number of nitrogens with zero attached hydrogens (tertiary/aromatic N) is 4. The van der Waals surface area contributed by atoms with Gasteiger partial charge in [0.1, 0.15) is 5.82 Å². The van der Waals surface area contributed by atoms with Crippen LogP contribution < -0.4 is 9.80 Å². The molecule has 0 radical (unpaired) electrons. The molecule has 0 unspecified atom stereocenters. The number of hydrogen-bond acceptors (Lipinski definition) is 4. The van der Waals surface area contributed by atoms with Crippen molar-refractivity contribution in [3.8, 4) is 0 Å². The maximum Gasteiger partial charge on any atom is 0.226 e. The highest BCUT2D eigenvalue weighted by molar-refractivity contribution is 9.09. The molecule has 0 spiro atoms. The molecule has 4 nitrogen and oxygen atoms in total. The van der Waals surface area contributed by atoms with Crippen molar-refractivity contribution in [3.05, 3.63) is 12.3 Å². The van der Waals surface area contributed by atoms with E-state index in [1.807, 2.05) is 31.3 Å². The maximum absolute atomic E-state index is 4.57. The summed E-state index contributed by atoms with van der Waals surface area (Å²) < 4.78 is 0. The highest BCUT2D eigenvalue weighted by Crippen LogP contribution is 2.16. The molecule has 0 saturated carbocycles. The van der Waals surface area contributed by atoms with Gasteiger partial charge in [-0.1, -0.05) is 15.9 Å². The van der Waals surface area contributed by atoms with E-state index in [2.05, 4.69) is 44.6 Å². The van der Waals surface area contributed by atoms with Crippen molar-refractivity contribution < 1.29 is 0 Å². The van der Waals surface area contributed by atoms with E-state index in [9.17, 15) is 0 Å². The normalized spacial score (nSPS) is 10.7. The Kier molecular flexibility index (Phi) is 5.68. The summed E-state index contributed by atoms with van der Waals surface area (Å²) in [5.74, 6) is 1.76. The minimum Gasteiger partial charge on any atom is -0.354 e. The first-order chi connectivity index (χ1) is 8.06. The van der Waals surface area contributed by atoms with Crippen LogP contribution in [0.15, 0.2) is 12.3 Å². The third-order valence-electron chi connectivity index (χ3n) is 2.48. The Morgan fingerprint density at radius 1 is 1.35 bits per heavy atom. The van der Waals surface area contributed by atoms with Crippen LogP contribution >= 0.6 is 15.9 Å². The van der Waals surface area contributed by atoms with Crippen molar-refractivity contribution in [1.29, 1.82) is 0 Å². The highest BCUT2D eigenvalue weighted by Gasteiger charge is 2.12. The number of anilines is 2. The largest absolute Gasteiger partial charge is 0.354 e. The van der Waals surface area contributed by atoms with E-state index in [0.29, 0.717) is 6.04 Å². The Morgan fingerprint density at radius 2 is 2.06 bits per heavy atom. The molecule has 1 heterocycles. The molecular weight excluding hydrogens is 280 g/mol. The van der Waals surface area contributed by atoms with Gasteiger partial charge in [-0.05, 0) is 26.3 Å². The van der Waals surface area contributed by atoms with Gasteiger partial charge in [0.15, 0.2) is 0 Å². The Labute approximate surface area is 112 Å². The second-order valence-corrected chi connectivity index (χ2v) is 5.23. The lowest BCUT2D eigenvalue weighted by atomic mass is 10.3. The van der Waals surface area contributed by atoms with Crippen LogP contribution in [0.1, 0.15) is 20.3 Å². The molecular formula is C12H21BrN4. The van der Waals surface area contributed by atoms with Crippen LogP contribution in [0.25, 0.3) is 0 Å². The molecule has 0 bridgehead atoms. The zero-order valence-electron chi connectivity index (χ0n) is 11.0. The van der Waals surface area contributed by atoms with Crippen LogP contribution in [0, 0.1) is 0 Å². The van der Waals surface area contributed by atoms with E-state index in [0.717, 1.165) is 30.1 Å². The van der Waals surface area contributed by atoms with Gasteiger partial charge in [0.05, 0.1) is 0 Å². The lowest BCUT2D eigenvalue weighted by molar-refractivity contribution is 0.663. The molecule has 0 aromatic carbocycles. The van der Waals surface area contributed by atoms with Crippen LogP contribution in [-0.2, 0) is 0 Å². The quantitative estimate of drug-likeness (QED) is 0.756. The first-order valence-electron chi connectivity index (χ1n) is 5.89. The molecule has 1 rings (SSSR count). The predicted octanol–water partition coefficient (Wildman–Crippen LogP) is 2.54. The Morgan fingerprint density at radius 3 is 2.59 bits per heavy atom. The molecule has 96 valence electrons. The van der Waals surface area contributed by atoms with Gasteiger partial charge in [-0.25, -0.2) is 4.98 Å². The first-order valence-corrected chi connectivity index (χ1v) is 7.01. The molecule has 17 heavy (non-hydrogen) atoms. The average Bonchev–Trinajstić information content (AvgIpc) is 2.29. The molecule has 0 amide bonds. The van der Waals surface area contributed by atoms with Crippen LogP contribution in [0.5, 0.6) is 0 Å². The second kappa shape index (κ2) is 6.79. The van der Waals surface area contributed by atoms with Gasteiger partial charge < -0.3 is 9.80 Å². The monoisotopic (exact) mass is 300 g/mol. The summed E-state index contributed by atoms with van der Waals surface area (Å²) in [5.41, 5.74) is 0. The fourth-order valence-corrected chi connectivity index (χ4v) is 1.83. The van der Waals surface area contributed by atoms with Crippen LogP contribution in [0.2, 0.25) is 0 Å². The lowest BCUT2D eigenvalue weighted by Gasteiger charge is -2.28. The number of halogens is 1. The van der Waals surface area contributed by atoms with Gasteiger partial charge in [0.25, 0.3) is 0 Å². The van der Waals surface area contributed by atoms with Crippen molar-refractivity contribution in [2.45, 2.75) is 26.3 Å². The van der Waals surface area contributed by atoms with Crippen LogP contribution in [0.3, 0.4) is 0 Å². The van der Waals surface area contributed by atoms with E-state index in [1.54, 1.807) is 0 Å². The summed E-state index contributed by atoms with van der Waals surface area (Å²) in [7, 11) is 3.91. The first kappa shape index (κ1) is 14.2. The Hall–Kier alpha value is -0.840. The van der Waals surface area contributed by atoms with Gasteiger partial charge in [-0.15, -0.1) is 0 Å². The molecule has 1 aromatic heterocycles. The standard InChI is InChI=1S/C12H21BrN4/c1-10(2)17(9-5-7-13)11-6-8-14-12(15-11)16(3)4/h6,8,10H,5,7,9H2,1-4H3. The van der Waals surface area contributed by atoms with Crippen molar-refractivity contribution in [1.82, 2.24) is 9.97 Å². The summed E-state index contributed by atoms with van der Waals surface area (Å²) in [6.45, 7) is 5.38. The van der Waals surface area contributed by atoms with Gasteiger partial charge in [-0.2, -0.15) is 4.98 Å². The molecule has 0 atom stereocenters. The fraction of sp³-hybridized carbons (Fsp3) is 0.667. The molecule has 0 N–H and O–H groups in total. The van der Waals surface area contributed by atoms with E-state index in [4.69, 9.17) is 0 Å². The predicted molar refractivity (Wildman–Crippen MR) is 77.3 cm³/mol. The summed E-state index contributed by atoms with van der Waals surface area (Å²) >= 11 is 3.47. The topological polar surface area (TPSA) is 32.3 Å². The maximum atomic E-state index is 4.57. The van der Waals surface area contributed by atoms with Gasteiger partial charge in [0, 0.05) is 38.2 Å². The molecule has 0 aliphatic carbocycles. The van der Waals surface area contributed by atoms with E-state index in [1.165, 1.54) is 0 Å². The number of rotatable bonds is 6. The van der Waals surface area contributed by atoms with E-state index >= 15 is 0 Å². The minimum absolute atomic E-state index is 0.443. The number of hydrogen-bond donors (Lipinski definition) is 0. The summed E-state index contributed by atoms with van der Waals surface area (Å²) in [5, 5.41) is 1.02. The third kappa shape index (κ3) is 4.15. The Balaban J connectivity index is 2.89. The molecule has 0 saturated heterocycles. The van der Waals surface area contributed by atoms with Gasteiger partial charge in [0.2, 0.25) is 5.95 Å². The number of aromatic nitrogens is 2. The highest BCUT2D eigenvalue weighted by atomic mass is 79.9. The van der Waals surface area contributed by atoms with Gasteiger partial charge in [-0.3, -0.25) is 0 Å². The second-order valence-electron chi connectivity index (χ2n) is 4.44. The third-order valence-corrected chi connectivity index (χ3v) is 3.04. The lowest BCUT2D eigenvalue weighted by Crippen LogP contribution is -2.33. The van der Waals surface area contributed by atoms with Crippen molar-refractivity contribution in [2.24, 2.45) is 0 Å². The zero-order chi connectivity index (χ0) is 12.8.